The summed E-state index contributed by atoms with van der Waals surface area (Å²) >= 11 is 0. The van der Waals surface area contributed by atoms with Gasteiger partial charge in [0.15, 0.2) is 0 Å². The lowest BCUT2D eigenvalue weighted by atomic mass is 9.89. The molecule has 0 amide bonds. The molecule has 0 radical (unpaired) electrons. The van der Waals surface area contributed by atoms with Crippen LogP contribution in [0.1, 0.15) is 29.2 Å². The van der Waals surface area contributed by atoms with Gasteiger partial charge >= 0.3 is 0 Å². The molecule has 1 saturated heterocycles. The fourth-order valence-corrected chi connectivity index (χ4v) is 2.22. The van der Waals surface area contributed by atoms with Gasteiger partial charge in [-0.15, -0.1) is 0 Å². The first-order chi connectivity index (χ1) is 7.20. The van der Waals surface area contributed by atoms with Crippen molar-refractivity contribution in [3.63, 3.8) is 0 Å². The summed E-state index contributed by atoms with van der Waals surface area (Å²) in [6.07, 6.45) is 1.09. The molecule has 2 rings (SSSR count). The maximum absolute atomic E-state index is 6.29. The van der Waals surface area contributed by atoms with Gasteiger partial charge in [0, 0.05) is 18.6 Å². The highest BCUT2D eigenvalue weighted by atomic mass is 16.5. The van der Waals surface area contributed by atoms with E-state index in [1.807, 2.05) is 0 Å². The van der Waals surface area contributed by atoms with Crippen molar-refractivity contribution < 1.29 is 4.74 Å². The van der Waals surface area contributed by atoms with E-state index in [0.29, 0.717) is 5.92 Å². The number of ether oxygens (including phenoxy) is 1. The van der Waals surface area contributed by atoms with Crippen LogP contribution in [0.15, 0.2) is 18.2 Å². The van der Waals surface area contributed by atoms with E-state index >= 15 is 0 Å². The zero-order valence-electron chi connectivity index (χ0n) is 9.49. The smallest absolute Gasteiger partial charge is 0.0513 e. The van der Waals surface area contributed by atoms with Crippen molar-refractivity contribution >= 4 is 0 Å². The number of nitrogens with two attached hydrogens (primary N) is 1. The molecule has 1 aliphatic heterocycles. The predicted molar refractivity (Wildman–Crippen MR) is 61.8 cm³/mol. The van der Waals surface area contributed by atoms with Crippen LogP contribution in [0.5, 0.6) is 0 Å². The molecule has 0 aliphatic carbocycles. The summed E-state index contributed by atoms with van der Waals surface area (Å²) in [4.78, 5) is 0. The molecule has 1 aliphatic rings. The fraction of sp³-hybridized carbons (Fsp3) is 0.538. The summed E-state index contributed by atoms with van der Waals surface area (Å²) in [5.41, 5.74) is 10.2. The van der Waals surface area contributed by atoms with Gasteiger partial charge < -0.3 is 10.5 Å². The second kappa shape index (κ2) is 4.33. The average molecular weight is 205 g/mol. The van der Waals surface area contributed by atoms with Gasteiger partial charge in [-0.3, -0.25) is 0 Å². The summed E-state index contributed by atoms with van der Waals surface area (Å²) in [6, 6.07) is 6.50. The highest BCUT2D eigenvalue weighted by Gasteiger charge is 2.25. The van der Waals surface area contributed by atoms with E-state index < -0.39 is 0 Å². The molecule has 0 spiro atoms. The minimum atomic E-state index is 0.132. The van der Waals surface area contributed by atoms with Gasteiger partial charge in [0.2, 0.25) is 0 Å². The van der Waals surface area contributed by atoms with Crippen LogP contribution in [0.2, 0.25) is 0 Å². The Morgan fingerprint density at radius 2 is 2.20 bits per heavy atom. The minimum Gasteiger partial charge on any atom is -0.381 e. The number of rotatable bonds is 2. The Balaban J connectivity index is 2.24. The maximum atomic E-state index is 6.29. The summed E-state index contributed by atoms with van der Waals surface area (Å²) in [5.74, 6) is 0.491. The SMILES string of the molecule is Cc1cccc(C(N)C2CCOC2)c1C. The van der Waals surface area contributed by atoms with Crippen molar-refractivity contribution in [2.45, 2.75) is 26.3 Å². The van der Waals surface area contributed by atoms with Gasteiger partial charge in [0.05, 0.1) is 6.61 Å². The van der Waals surface area contributed by atoms with Gasteiger partial charge in [0.1, 0.15) is 0 Å². The molecule has 1 fully saturated rings. The quantitative estimate of drug-likeness (QED) is 0.804. The molecule has 82 valence electrons. The van der Waals surface area contributed by atoms with Crippen LogP contribution in [0.3, 0.4) is 0 Å². The average Bonchev–Trinajstić information content (AvgIpc) is 2.74. The molecule has 1 aromatic rings. The summed E-state index contributed by atoms with van der Waals surface area (Å²) in [5, 5.41) is 0. The molecule has 0 aromatic heterocycles. The minimum absolute atomic E-state index is 0.132. The van der Waals surface area contributed by atoms with E-state index in [0.717, 1.165) is 19.6 Å². The zero-order valence-corrected chi connectivity index (χ0v) is 9.49. The first kappa shape index (κ1) is 10.7. The van der Waals surface area contributed by atoms with Crippen LogP contribution in [-0.2, 0) is 4.74 Å². The maximum Gasteiger partial charge on any atom is 0.0513 e. The van der Waals surface area contributed by atoms with Crippen LogP contribution in [0.25, 0.3) is 0 Å². The predicted octanol–water partition coefficient (Wildman–Crippen LogP) is 2.34. The summed E-state index contributed by atoms with van der Waals surface area (Å²) in [6.45, 7) is 5.97. The van der Waals surface area contributed by atoms with Crippen molar-refractivity contribution in [1.82, 2.24) is 0 Å². The third kappa shape index (κ3) is 2.06. The number of hydrogen-bond donors (Lipinski definition) is 1. The molecular formula is C13H19NO. The van der Waals surface area contributed by atoms with Crippen LogP contribution in [0.4, 0.5) is 0 Å². The summed E-state index contributed by atoms with van der Waals surface area (Å²) < 4.78 is 5.39. The number of benzene rings is 1. The third-order valence-corrected chi connectivity index (χ3v) is 3.48. The van der Waals surface area contributed by atoms with Gasteiger partial charge in [-0.2, -0.15) is 0 Å². The topological polar surface area (TPSA) is 35.2 Å². The van der Waals surface area contributed by atoms with E-state index in [1.165, 1.54) is 16.7 Å². The van der Waals surface area contributed by atoms with Gasteiger partial charge in [-0.1, -0.05) is 18.2 Å². The summed E-state index contributed by atoms with van der Waals surface area (Å²) in [7, 11) is 0. The van der Waals surface area contributed by atoms with E-state index in [-0.39, 0.29) is 6.04 Å². The first-order valence-corrected chi connectivity index (χ1v) is 5.59. The molecule has 1 aromatic carbocycles. The van der Waals surface area contributed by atoms with E-state index in [4.69, 9.17) is 10.5 Å². The van der Waals surface area contributed by atoms with E-state index in [9.17, 15) is 0 Å². The lowest BCUT2D eigenvalue weighted by molar-refractivity contribution is 0.181. The Morgan fingerprint density at radius 3 is 2.87 bits per heavy atom. The second-order valence-electron chi connectivity index (χ2n) is 4.44. The standard InChI is InChI=1S/C13H19NO/c1-9-4-3-5-12(10(9)2)13(14)11-6-7-15-8-11/h3-5,11,13H,6-8,14H2,1-2H3. The highest BCUT2D eigenvalue weighted by molar-refractivity contribution is 5.35. The van der Waals surface area contributed by atoms with Gasteiger partial charge in [-0.25, -0.2) is 0 Å². The number of hydrogen-bond acceptors (Lipinski definition) is 2. The van der Waals surface area contributed by atoms with Crippen LogP contribution in [0, 0.1) is 19.8 Å². The molecule has 1 heterocycles. The molecule has 2 heteroatoms. The first-order valence-electron chi connectivity index (χ1n) is 5.59. The van der Waals surface area contributed by atoms with Crippen molar-refractivity contribution in [3.8, 4) is 0 Å². The largest absolute Gasteiger partial charge is 0.381 e. The monoisotopic (exact) mass is 205 g/mol. The molecule has 2 nitrogen and oxygen atoms in total. The van der Waals surface area contributed by atoms with Crippen LogP contribution in [-0.4, -0.2) is 13.2 Å². The Kier molecular flexibility index (Phi) is 3.08. The van der Waals surface area contributed by atoms with Crippen molar-refractivity contribution in [2.75, 3.05) is 13.2 Å². The molecule has 2 atom stereocenters. The highest BCUT2D eigenvalue weighted by Crippen LogP contribution is 2.29. The lowest BCUT2D eigenvalue weighted by Crippen LogP contribution is -2.22. The normalized spacial score (nSPS) is 23.0. The Labute approximate surface area is 91.4 Å². The molecular weight excluding hydrogens is 186 g/mol. The Bertz CT molecular complexity index is 342. The van der Waals surface area contributed by atoms with Crippen molar-refractivity contribution in [3.05, 3.63) is 34.9 Å². The van der Waals surface area contributed by atoms with Crippen LogP contribution >= 0.6 is 0 Å². The number of aryl methyl sites for hydroxylation is 1. The van der Waals surface area contributed by atoms with E-state index in [1.54, 1.807) is 0 Å². The van der Waals surface area contributed by atoms with Crippen molar-refractivity contribution in [1.29, 1.82) is 0 Å². The van der Waals surface area contributed by atoms with Gasteiger partial charge in [-0.05, 0) is 37.0 Å². The van der Waals surface area contributed by atoms with Crippen molar-refractivity contribution in [2.24, 2.45) is 11.7 Å². The Hall–Kier alpha value is -0.860. The third-order valence-electron chi connectivity index (χ3n) is 3.48. The Morgan fingerprint density at radius 1 is 1.40 bits per heavy atom. The molecule has 0 bridgehead atoms. The van der Waals surface area contributed by atoms with E-state index in [2.05, 4.69) is 32.0 Å². The molecule has 15 heavy (non-hydrogen) atoms. The molecule has 2 N–H and O–H groups in total. The van der Waals surface area contributed by atoms with Gasteiger partial charge in [0.25, 0.3) is 0 Å². The lowest BCUT2D eigenvalue weighted by Gasteiger charge is -2.20. The fourth-order valence-electron chi connectivity index (χ4n) is 2.22. The van der Waals surface area contributed by atoms with Crippen LogP contribution < -0.4 is 5.73 Å². The molecule has 2 unspecified atom stereocenters. The second-order valence-corrected chi connectivity index (χ2v) is 4.44. The zero-order chi connectivity index (χ0) is 10.8. The molecule has 0 saturated carbocycles.